The lowest BCUT2D eigenvalue weighted by Crippen LogP contribution is -2.13. The zero-order valence-electron chi connectivity index (χ0n) is 12.9. The van der Waals surface area contributed by atoms with E-state index in [1.54, 1.807) is 36.4 Å². The second kappa shape index (κ2) is 7.34. The molecule has 0 saturated heterocycles. The molecule has 7 heteroatoms. The fraction of sp³-hybridized carbons (Fsp3) is 0.250. The van der Waals surface area contributed by atoms with Crippen LogP contribution in [0.1, 0.15) is 5.56 Å². The molecule has 0 atom stereocenters. The van der Waals surface area contributed by atoms with Gasteiger partial charge in [-0.1, -0.05) is 17.7 Å². The smallest absolute Gasteiger partial charge is 0.261 e. The van der Waals surface area contributed by atoms with Crippen molar-refractivity contribution in [3.63, 3.8) is 0 Å². The number of hydrogen-bond donors (Lipinski definition) is 2. The number of aliphatic hydroxyl groups is 1. The van der Waals surface area contributed by atoms with Crippen LogP contribution in [0.3, 0.4) is 0 Å². The van der Waals surface area contributed by atoms with Crippen molar-refractivity contribution in [1.29, 1.82) is 0 Å². The van der Waals surface area contributed by atoms with E-state index in [-0.39, 0.29) is 18.1 Å². The summed E-state index contributed by atoms with van der Waals surface area (Å²) in [5, 5.41) is 8.79. The minimum atomic E-state index is -3.67. The number of aryl methyl sites for hydroxylation is 1. The Balaban J connectivity index is 2.23. The predicted molar refractivity (Wildman–Crippen MR) is 87.6 cm³/mol. The fourth-order valence-electron chi connectivity index (χ4n) is 1.94. The number of hydrogen-bond acceptors (Lipinski definition) is 5. The number of methoxy groups -OCH3 is 1. The van der Waals surface area contributed by atoms with E-state index in [0.717, 1.165) is 5.56 Å². The lowest BCUT2D eigenvalue weighted by molar-refractivity contribution is 0.196. The molecule has 0 saturated carbocycles. The van der Waals surface area contributed by atoms with Crippen LogP contribution in [0.25, 0.3) is 0 Å². The predicted octanol–water partition coefficient (Wildman–Crippen LogP) is 2.18. The van der Waals surface area contributed by atoms with E-state index in [1.807, 2.05) is 6.92 Å². The number of aliphatic hydroxyl groups excluding tert-OH is 1. The van der Waals surface area contributed by atoms with Crippen molar-refractivity contribution in [1.82, 2.24) is 0 Å². The molecule has 124 valence electrons. The molecule has 0 spiro atoms. The molecule has 0 unspecified atom stereocenters. The number of benzene rings is 2. The first kappa shape index (κ1) is 17.1. The molecule has 2 N–H and O–H groups in total. The first-order chi connectivity index (χ1) is 11.0. The fourth-order valence-corrected chi connectivity index (χ4v) is 2.99. The summed E-state index contributed by atoms with van der Waals surface area (Å²) in [6.07, 6.45) is 0. The zero-order chi connectivity index (χ0) is 16.9. The molecule has 2 rings (SSSR count). The maximum atomic E-state index is 12.4. The molecule has 0 bridgehead atoms. The highest BCUT2D eigenvalue weighted by Crippen LogP contribution is 2.31. The molecule has 23 heavy (non-hydrogen) atoms. The van der Waals surface area contributed by atoms with Crippen LogP contribution in [0.4, 0.5) is 5.69 Å². The molecule has 0 radical (unpaired) electrons. The highest BCUT2D eigenvalue weighted by Gasteiger charge is 2.15. The maximum absolute atomic E-state index is 12.4. The van der Waals surface area contributed by atoms with Gasteiger partial charge in [0, 0.05) is 6.07 Å². The summed E-state index contributed by atoms with van der Waals surface area (Å²) in [4.78, 5) is 0.183. The number of nitrogens with one attached hydrogen (secondary N) is 1. The van der Waals surface area contributed by atoms with E-state index >= 15 is 0 Å². The number of anilines is 1. The van der Waals surface area contributed by atoms with Crippen LogP contribution < -0.4 is 14.2 Å². The summed E-state index contributed by atoms with van der Waals surface area (Å²) >= 11 is 0. The van der Waals surface area contributed by atoms with Gasteiger partial charge in [0.15, 0.2) is 11.5 Å². The molecular weight excluding hydrogens is 318 g/mol. The van der Waals surface area contributed by atoms with E-state index in [0.29, 0.717) is 17.2 Å². The van der Waals surface area contributed by atoms with Crippen molar-refractivity contribution in [3.05, 3.63) is 48.0 Å². The molecule has 2 aromatic rings. The van der Waals surface area contributed by atoms with Crippen molar-refractivity contribution >= 4 is 15.7 Å². The Morgan fingerprint density at radius 3 is 2.39 bits per heavy atom. The van der Waals surface area contributed by atoms with Gasteiger partial charge >= 0.3 is 0 Å². The summed E-state index contributed by atoms with van der Waals surface area (Å²) in [5.41, 5.74) is 1.34. The average Bonchev–Trinajstić information content (AvgIpc) is 2.53. The third-order valence-electron chi connectivity index (χ3n) is 3.10. The molecule has 0 heterocycles. The second-order valence-corrected chi connectivity index (χ2v) is 6.54. The summed E-state index contributed by atoms with van der Waals surface area (Å²) in [5.74, 6) is 0.808. The van der Waals surface area contributed by atoms with Gasteiger partial charge in [0.1, 0.15) is 6.61 Å². The lowest BCUT2D eigenvalue weighted by Gasteiger charge is -2.13. The van der Waals surface area contributed by atoms with Crippen molar-refractivity contribution in [2.45, 2.75) is 11.8 Å². The standard InChI is InChI=1S/C16H19NO5S/c1-12-3-6-14(7-4-12)23(19,20)17-13-5-8-15(22-10-9-18)16(11-13)21-2/h3-8,11,17-18H,9-10H2,1-2H3. The normalized spacial score (nSPS) is 11.1. The minimum Gasteiger partial charge on any atom is -0.493 e. The van der Waals surface area contributed by atoms with Gasteiger partial charge in [-0.2, -0.15) is 0 Å². The van der Waals surface area contributed by atoms with Crippen molar-refractivity contribution in [2.75, 3.05) is 25.0 Å². The van der Waals surface area contributed by atoms with Gasteiger partial charge in [-0.05, 0) is 31.2 Å². The molecule has 0 aromatic heterocycles. The average molecular weight is 337 g/mol. The maximum Gasteiger partial charge on any atom is 0.261 e. The largest absolute Gasteiger partial charge is 0.493 e. The SMILES string of the molecule is COc1cc(NS(=O)(=O)c2ccc(C)cc2)ccc1OCCO. The van der Waals surface area contributed by atoms with E-state index in [4.69, 9.17) is 14.6 Å². The van der Waals surface area contributed by atoms with Gasteiger partial charge in [0.25, 0.3) is 10.0 Å². The van der Waals surface area contributed by atoms with Gasteiger partial charge in [0.05, 0.1) is 24.3 Å². The minimum absolute atomic E-state index is 0.120. The Kier molecular flexibility index (Phi) is 5.46. The van der Waals surface area contributed by atoms with Crippen LogP contribution in [0, 0.1) is 6.92 Å². The topological polar surface area (TPSA) is 84.9 Å². The first-order valence-electron chi connectivity index (χ1n) is 6.97. The summed E-state index contributed by atoms with van der Waals surface area (Å²) in [6, 6.07) is 11.3. The lowest BCUT2D eigenvalue weighted by atomic mass is 10.2. The Hall–Kier alpha value is -2.25. The van der Waals surface area contributed by atoms with Crippen molar-refractivity contribution in [2.24, 2.45) is 0 Å². The summed E-state index contributed by atoms with van der Waals surface area (Å²) in [6.45, 7) is 1.90. The highest BCUT2D eigenvalue weighted by atomic mass is 32.2. The van der Waals surface area contributed by atoms with Crippen LogP contribution in [-0.2, 0) is 10.0 Å². The van der Waals surface area contributed by atoms with Gasteiger partial charge < -0.3 is 14.6 Å². The van der Waals surface area contributed by atoms with Gasteiger partial charge in [-0.25, -0.2) is 8.42 Å². The van der Waals surface area contributed by atoms with Gasteiger partial charge in [0.2, 0.25) is 0 Å². The first-order valence-corrected chi connectivity index (χ1v) is 8.46. The number of ether oxygens (including phenoxy) is 2. The van der Waals surface area contributed by atoms with Crippen LogP contribution in [0.2, 0.25) is 0 Å². The highest BCUT2D eigenvalue weighted by molar-refractivity contribution is 7.92. The third kappa shape index (κ3) is 4.37. The number of sulfonamides is 1. The summed E-state index contributed by atoms with van der Waals surface area (Å²) < 4.78 is 37.7. The van der Waals surface area contributed by atoms with Crippen LogP contribution >= 0.6 is 0 Å². The van der Waals surface area contributed by atoms with Gasteiger partial charge in [-0.3, -0.25) is 4.72 Å². The van der Waals surface area contributed by atoms with Crippen LogP contribution in [0.5, 0.6) is 11.5 Å². The summed E-state index contributed by atoms with van der Waals surface area (Å²) in [7, 11) is -2.21. The number of rotatable bonds is 7. The Labute approximate surface area is 135 Å². The Morgan fingerprint density at radius 2 is 1.78 bits per heavy atom. The van der Waals surface area contributed by atoms with Crippen LogP contribution in [-0.4, -0.2) is 33.8 Å². The molecule has 6 nitrogen and oxygen atoms in total. The third-order valence-corrected chi connectivity index (χ3v) is 4.49. The van der Waals surface area contributed by atoms with Crippen molar-refractivity contribution < 1.29 is 23.0 Å². The molecule has 0 aliphatic heterocycles. The Bertz CT molecular complexity index is 757. The molecule has 2 aromatic carbocycles. The van der Waals surface area contributed by atoms with Crippen LogP contribution in [0.15, 0.2) is 47.4 Å². The van der Waals surface area contributed by atoms with E-state index in [9.17, 15) is 8.42 Å². The van der Waals surface area contributed by atoms with E-state index in [1.165, 1.54) is 13.2 Å². The molecule has 0 fully saturated rings. The van der Waals surface area contributed by atoms with Crippen molar-refractivity contribution in [3.8, 4) is 11.5 Å². The molecule has 0 aliphatic carbocycles. The second-order valence-electron chi connectivity index (χ2n) is 4.86. The molecule has 0 amide bonds. The quantitative estimate of drug-likeness (QED) is 0.809. The zero-order valence-corrected chi connectivity index (χ0v) is 13.8. The Morgan fingerprint density at radius 1 is 1.09 bits per heavy atom. The molecule has 0 aliphatic rings. The van der Waals surface area contributed by atoms with E-state index < -0.39 is 10.0 Å². The van der Waals surface area contributed by atoms with E-state index in [2.05, 4.69) is 4.72 Å². The van der Waals surface area contributed by atoms with Gasteiger partial charge in [-0.15, -0.1) is 0 Å². The monoisotopic (exact) mass is 337 g/mol. The molecular formula is C16H19NO5S.